The van der Waals surface area contributed by atoms with Gasteiger partial charge in [0.15, 0.2) is 6.29 Å². The van der Waals surface area contributed by atoms with E-state index in [1.807, 2.05) is 0 Å². The van der Waals surface area contributed by atoms with E-state index in [1.165, 1.54) is 6.92 Å². The minimum Gasteiger partial charge on any atom is -0.463 e. The molecule has 1 saturated heterocycles. The van der Waals surface area contributed by atoms with Crippen LogP contribution >= 0.6 is 0 Å². The third-order valence-electron chi connectivity index (χ3n) is 1.83. The van der Waals surface area contributed by atoms with Crippen molar-refractivity contribution in [2.24, 2.45) is 0 Å². The first-order valence-corrected chi connectivity index (χ1v) is 4.23. The van der Waals surface area contributed by atoms with Crippen LogP contribution in [-0.4, -0.2) is 41.3 Å². The zero-order valence-corrected chi connectivity index (χ0v) is 7.47. The summed E-state index contributed by atoms with van der Waals surface area (Å²) >= 11 is 0. The number of aliphatic hydroxyl groups is 2. The average molecular weight is 190 g/mol. The standard InChI is InChI=1S/C8H14O5/c1-5(9)12-4-7-2-6(10)3-8(11)13-7/h6-8,10-11H,2-4H2,1H3. The summed E-state index contributed by atoms with van der Waals surface area (Å²) in [4.78, 5) is 10.4. The smallest absolute Gasteiger partial charge is 0.302 e. The van der Waals surface area contributed by atoms with Gasteiger partial charge in [-0.15, -0.1) is 0 Å². The van der Waals surface area contributed by atoms with Crippen LogP contribution in [-0.2, 0) is 14.3 Å². The predicted octanol–water partition coefficient (Wildman–Crippen LogP) is -0.592. The van der Waals surface area contributed by atoms with Crippen molar-refractivity contribution in [2.45, 2.75) is 38.3 Å². The van der Waals surface area contributed by atoms with Crippen LogP contribution < -0.4 is 0 Å². The third-order valence-corrected chi connectivity index (χ3v) is 1.83. The first-order chi connectivity index (χ1) is 6.08. The largest absolute Gasteiger partial charge is 0.463 e. The molecule has 0 spiro atoms. The molecule has 0 radical (unpaired) electrons. The highest BCUT2D eigenvalue weighted by atomic mass is 16.6. The van der Waals surface area contributed by atoms with Crippen molar-refractivity contribution in [3.63, 3.8) is 0 Å². The van der Waals surface area contributed by atoms with Gasteiger partial charge in [0, 0.05) is 19.8 Å². The number of aliphatic hydroxyl groups excluding tert-OH is 2. The maximum absolute atomic E-state index is 10.4. The van der Waals surface area contributed by atoms with Crippen LogP contribution in [0.25, 0.3) is 0 Å². The Balaban J connectivity index is 2.28. The zero-order valence-electron chi connectivity index (χ0n) is 7.47. The minimum absolute atomic E-state index is 0.0868. The van der Waals surface area contributed by atoms with Gasteiger partial charge in [0.2, 0.25) is 0 Å². The van der Waals surface area contributed by atoms with Crippen LogP contribution in [0.2, 0.25) is 0 Å². The molecule has 1 rings (SSSR count). The maximum Gasteiger partial charge on any atom is 0.302 e. The molecule has 3 atom stereocenters. The van der Waals surface area contributed by atoms with Crippen LogP contribution in [0.15, 0.2) is 0 Å². The SMILES string of the molecule is CC(=O)OCC1CC(O)CC(O)O1. The van der Waals surface area contributed by atoms with Gasteiger partial charge in [-0.25, -0.2) is 0 Å². The van der Waals surface area contributed by atoms with E-state index in [9.17, 15) is 9.90 Å². The molecule has 3 unspecified atom stereocenters. The second kappa shape index (κ2) is 4.55. The quantitative estimate of drug-likeness (QED) is 0.569. The minimum atomic E-state index is -0.954. The maximum atomic E-state index is 10.4. The van der Waals surface area contributed by atoms with Crippen LogP contribution in [0.3, 0.4) is 0 Å². The van der Waals surface area contributed by atoms with Crippen molar-refractivity contribution in [2.75, 3.05) is 6.61 Å². The van der Waals surface area contributed by atoms with Crippen LogP contribution in [0.1, 0.15) is 19.8 Å². The van der Waals surface area contributed by atoms with Gasteiger partial charge >= 0.3 is 5.97 Å². The molecule has 0 aromatic heterocycles. The average Bonchev–Trinajstić information content (AvgIpc) is 1.99. The molecule has 1 aliphatic heterocycles. The fourth-order valence-corrected chi connectivity index (χ4v) is 1.28. The van der Waals surface area contributed by atoms with Gasteiger partial charge in [0.05, 0.1) is 12.2 Å². The fraction of sp³-hybridized carbons (Fsp3) is 0.875. The highest BCUT2D eigenvalue weighted by molar-refractivity contribution is 5.65. The number of hydrogen-bond acceptors (Lipinski definition) is 5. The molecule has 0 saturated carbocycles. The van der Waals surface area contributed by atoms with Crippen molar-refractivity contribution in [1.82, 2.24) is 0 Å². The Labute approximate surface area is 76.3 Å². The first-order valence-electron chi connectivity index (χ1n) is 4.23. The van der Waals surface area contributed by atoms with Crippen LogP contribution in [0, 0.1) is 0 Å². The van der Waals surface area contributed by atoms with E-state index in [0.29, 0.717) is 6.42 Å². The van der Waals surface area contributed by atoms with E-state index < -0.39 is 24.5 Å². The van der Waals surface area contributed by atoms with Crippen LogP contribution in [0.4, 0.5) is 0 Å². The Hall–Kier alpha value is -0.650. The molecular weight excluding hydrogens is 176 g/mol. The Morgan fingerprint density at radius 2 is 2.23 bits per heavy atom. The van der Waals surface area contributed by atoms with Crippen molar-refractivity contribution < 1.29 is 24.5 Å². The molecular formula is C8H14O5. The van der Waals surface area contributed by atoms with E-state index >= 15 is 0 Å². The molecule has 1 fully saturated rings. The Kier molecular flexibility index (Phi) is 3.65. The van der Waals surface area contributed by atoms with Gasteiger partial charge < -0.3 is 19.7 Å². The van der Waals surface area contributed by atoms with E-state index in [-0.39, 0.29) is 13.0 Å². The number of ether oxygens (including phenoxy) is 2. The molecule has 5 nitrogen and oxygen atoms in total. The molecule has 1 aliphatic rings. The summed E-state index contributed by atoms with van der Waals surface area (Å²) in [6.45, 7) is 1.39. The summed E-state index contributed by atoms with van der Waals surface area (Å²) < 4.78 is 9.72. The third kappa shape index (κ3) is 3.71. The van der Waals surface area contributed by atoms with Gasteiger partial charge in [-0.2, -0.15) is 0 Å². The van der Waals surface area contributed by atoms with Gasteiger partial charge in [0.1, 0.15) is 6.61 Å². The topological polar surface area (TPSA) is 76.0 Å². The lowest BCUT2D eigenvalue weighted by atomic mass is 10.1. The van der Waals surface area contributed by atoms with Crippen molar-refractivity contribution in [3.05, 3.63) is 0 Å². The van der Waals surface area contributed by atoms with Crippen molar-refractivity contribution >= 4 is 5.97 Å². The molecule has 0 aromatic rings. The number of esters is 1. The lowest BCUT2D eigenvalue weighted by Gasteiger charge is -2.29. The van der Waals surface area contributed by atoms with Gasteiger partial charge in [-0.1, -0.05) is 0 Å². The number of hydrogen-bond donors (Lipinski definition) is 2. The molecule has 0 aromatic carbocycles. The fourth-order valence-electron chi connectivity index (χ4n) is 1.28. The summed E-state index contributed by atoms with van der Waals surface area (Å²) in [5.74, 6) is -0.391. The highest BCUT2D eigenvalue weighted by Gasteiger charge is 2.27. The molecule has 2 N–H and O–H groups in total. The van der Waals surface area contributed by atoms with E-state index in [2.05, 4.69) is 0 Å². The second-order valence-electron chi connectivity index (χ2n) is 3.14. The van der Waals surface area contributed by atoms with Crippen LogP contribution in [0.5, 0.6) is 0 Å². The van der Waals surface area contributed by atoms with Crippen molar-refractivity contribution in [3.8, 4) is 0 Å². The Morgan fingerprint density at radius 1 is 1.54 bits per heavy atom. The predicted molar refractivity (Wildman–Crippen MR) is 42.8 cm³/mol. The number of rotatable bonds is 2. The molecule has 5 heteroatoms. The number of carbonyl (C=O) groups is 1. The first kappa shape index (κ1) is 10.4. The van der Waals surface area contributed by atoms with Crippen molar-refractivity contribution in [1.29, 1.82) is 0 Å². The Morgan fingerprint density at radius 3 is 2.77 bits per heavy atom. The monoisotopic (exact) mass is 190 g/mol. The highest BCUT2D eigenvalue weighted by Crippen LogP contribution is 2.18. The summed E-state index contributed by atoms with van der Waals surface area (Å²) in [7, 11) is 0. The van der Waals surface area contributed by atoms with Gasteiger partial charge in [-0.3, -0.25) is 4.79 Å². The molecule has 0 bridgehead atoms. The summed E-state index contributed by atoms with van der Waals surface area (Å²) in [6, 6.07) is 0. The molecule has 0 amide bonds. The Bertz CT molecular complexity index is 171. The lowest BCUT2D eigenvalue weighted by Crippen LogP contribution is -2.38. The molecule has 0 aliphatic carbocycles. The number of carbonyl (C=O) groups excluding carboxylic acids is 1. The zero-order chi connectivity index (χ0) is 9.84. The summed E-state index contributed by atoms with van der Waals surface area (Å²) in [5, 5.41) is 18.3. The molecule has 76 valence electrons. The molecule has 1 heterocycles. The molecule has 13 heavy (non-hydrogen) atoms. The van der Waals surface area contributed by atoms with E-state index in [0.717, 1.165) is 0 Å². The summed E-state index contributed by atoms with van der Waals surface area (Å²) in [5.41, 5.74) is 0. The van der Waals surface area contributed by atoms with Gasteiger partial charge in [-0.05, 0) is 0 Å². The lowest BCUT2D eigenvalue weighted by molar-refractivity contribution is -0.202. The van der Waals surface area contributed by atoms with E-state index in [4.69, 9.17) is 14.6 Å². The normalized spacial score (nSPS) is 34.2. The second-order valence-corrected chi connectivity index (χ2v) is 3.14. The van der Waals surface area contributed by atoms with Gasteiger partial charge in [0.25, 0.3) is 0 Å². The summed E-state index contributed by atoms with van der Waals surface area (Å²) in [6.07, 6.45) is -1.32. The van der Waals surface area contributed by atoms with E-state index in [1.54, 1.807) is 0 Å².